The number of alkyl halides is 2. The van der Waals surface area contributed by atoms with Gasteiger partial charge in [0.25, 0.3) is 0 Å². The Bertz CT molecular complexity index is 315. The van der Waals surface area contributed by atoms with E-state index in [1.54, 1.807) is 13.0 Å². The molecule has 5 heteroatoms. The van der Waals surface area contributed by atoms with E-state index >= 15 is 0 Å². The van der Waals surface area contributed by atoms with E-state index in [9.17, 15) is 8.78 Å². The van der Waals surface area contributed by atoms with E-state index < -0.39 is 6.61 Å². The summed E-state index contributed by atoms with van der Waals surface area (Å²) in [5.74, 6) is 0.177. The summed E-state index contributed by atoms with van der Waals surface area (Å²) in [6, 6.07) is 3.28. The average Bonchev–Trinajstić information content (AvgIpc) is 1.98. The van der Waals surface area contributed by atoms with Gasteiger partial charge in [-0.1, -0.05) is 31.9 Å². The van der Waals surface area contributed by atoms with Gasteiger partial charge in [-0.3, -0.25) is 0 Å². The van der Waals surface area contributed by atoms with Crippen LogP contribution in [0, 0.1) is 6.92 Å². The van der Waals surface area contributed by atoms with Crippen molar-refractivity contribution in [3.05, 3.63) is 26.6 Å². The van der Waals surface area contributed by atoms with E-state index in [1.807, 2.05) is 0 Å². The minimum atomic E-state index is -2.79. The number of ether oxygens (including phenoxy) is 1. The van der Waals surface area contributed by atoms with Gasteiger partial charge in [0.2, 0.25) is 0 Å². The van der Waals surface area contributed by atoms with Crippen molar-refractivity contribution in [1.82, 2.24) is 0 Å². The first-order valence-corrected chi connectivity index (χ1v) is 4.99. The van der Waals surface area contributed by atoms with Crippen LogP contribution in [0.5, 0.6) is 5.75 Å². The summed E-state index contributed by atoms with van der Waals surface area (Å²) in [4.78, 5) is 0. The summed E-state index contributed by atoms with van der Waals surface area (Å²) in [5, 5.41) is 0. The second-order valence-corrected chi connectivity index (χ2v) is 4.16. The zero-order chi connectivity index (χ0) is 10.0. The molecule has 0 N–H and O–H groups in total. The second-order valence-electron chi connectivity index (χ2n) is 2.39. The van der Waals surface area contributed by atoms with Crippen LogP contribution < -0.4 is 4.74 Å². The Morgan fingerprint density at radius 3 is 2.46 bits per heavy atom. The molecule has 0 radical (unpaired) electrons. The minimum absolute atomic E-state index is 0.177. The normalized spacial score (nSPS) is 10.6. The fourth-order valence-electron chi connectivity index (χ4n) is 0.841. The van der Waals surface area contributed by atoms with Crippen molar-refractivity contribution in [2.75, 3.05) is 0 Å². The van der Waals surface area contributed by atoms with Gasteiger partial charge in [0.05, 0.1) is 0 Å². The summed E-state index contributed by atoms with van der Waals surface area (Å²) in [5.41, 5.74) is 0.656. The van der Waals surface area contributed by atoms with Crippen LogP contribution in [0.3, 0.4) is 0 Å². The van der Waals surface area contributed by atoms with Crippen LogP contribution in [0.4, 0.5) is 8.78 Å². The molecular formula is C8H6Br2F2O. The lowest BCUT2D eigenvalue weighted by Gasteiger charge is -2.09. The predicted octanol–water partition coefficient (Wildman–Crippen LogP) is 4.12. The molecule has 1 aromatic rings. The maximum absolute atomic E-state index is 11.9. The molecule has 1 nitrogen and oxygen atoms in total. The predicted molar refractivity (Wildman–Crippen MR) is 53.2 cm³/mol. The fraction of sp³-hybridized carbons (Fsp3) is 0.250. The van der Waals surface area contributed by atoms with Gasteiger partial charge in [-0.05, 0) is 19.1 Å². The molecule has 0 saturated heterocycles. The maximum Gasteiger partial charge on any atom is 0.387 e. The van der Waals surface area contributed by atoms with Crippen molar-refractivity contribution >= 4 is 31.9 Å². The highest BCUT2D eigenvalue weighted by Crippen LogP contribution is 2.31. The molecular weight excluding hydrogens is 310 g/mol. The van der Waals surface area contributed by atoms with Gasteiger partial charge < -0.3 is 4.74 Å². The molecule has 0 atom stereocenters. The zero-order valence-corrected chi connectivity index (χ0v) is 9.82. The molecule has 0 unspecified atom stereocenters. The van der Waals surface area contributed by atoms with Gasteiger partial charge in [-0.25, -0.2) is 0 Å². The lowest BCUT2D eigenvalue weighted by atomic mass is 10.2. The quantitative estimate of drug-likeness (QED) is 0.797. The molecule has 0 aliphatic carbocycles. The number of hydrogen-bond donors (Lipinski definition) is 0. The lowest BCUT2D eigenvalue weighted by Crippen LogP contribution is -2.03. The highest BCUT2D eigenvalue weighted by Gasteiger charge is 2.10. The second kappa shape index (κ2) is 4.37. The maximum atomic E-state index is 11.9. The zero-order valence-electron chi connectivity index (χ0n) is 6.65. The van der Waals surface area contributed by atoms with Crippen LogP contribution in [-0.4, -0.2) is 6.61 Å². The van der Waals surface area contributed by atoms with E-state index in [1.165, 1.54) is 6.07 Å². The Morgan fingerprint density at radius 2 is 1.92 bits per heavy atom. The van der Waals surface area contributed by atoms with E-state index in [0.717, 1.165) is 4.47 Å². The number of benzene rings is 1. The van der Waals surface area contributed by atoms with Gasteiger partial charge in [0.15, 0.2) is 0 Å². The highest BCUT2D eigenvalue weighted by molar-refractivity contribution is 9.11. The molecule has 0 aromatic heterocycles. The molecule has 0 heterocycles. The molecule has 13 heavy (non-hydrogen) atoms. The summed E-state index contributed by atoms with van der Waals surface area (Å²) < 4.78 is 29.6. The number of hydrogen-bond acceptors (Lipinski definition) is 1. The molecule has 0 amide bonds. The van der Waals surface area contributed by atoms with Crippen LogP contribution >= 0.6 is 31.9 Å². The standard InChI is InChI=1S/C8H6Br2F2O/c1-4-6(10)2-5(9)3-7(4)13-8(11)12/h2-3,8H,1H3. The van der Waals surface area contributed by atoms with Crippen molar-refractivity contribution in [2.45, 2.75) is 13.5 Å². The third-order valence-corrected chi connectivity index (χ3v) is 2.76. The van der Waals surface area contributed by atoms with E-state index in [2.05, 4.69) is 36.6 Å². The number of rotatable bonds is 2. The van der Waals surface area contributed by atoms with Crippen molar-refractivity contribution in [3.63, 3.8) is 0 Å². The molecule has 1 rings (SSSR count). The molecule has 0 aliphatic heterocycles. The molecule has 1 aromatic carbocycles. The van der Waals surface area contributed by atoms with Gasteiger partial charge >= 0.3 is 6.61 Å². The van der Waals surface area contributed by atoms with Crippen LogP contribution in [0.2, 0.25) is 0 Å². The number of halogens is 4. The Balaban J connectivity index is 3.05. The fourth-order valence-corrected chi connectivity index (χ4v) is 2.03. The van der Waals surface area contributed by atoms with Gasteiger partial charge in [-0.2, -0.15) is 8.78 Å². The van der Waals surface area contributed by atoms with Crippen LogP contribution in [0.25, 0.3) is 0 Å². The van der Waals surface area contributed by atoms with Crippen molar-refractivity contribution in [2.24, 2.45) is 0 Å². The monoisotopic (exact) mass is 314 g/mol. The van der Waals surface area contributed by atoms with Gasteiger partial charge in [0.1, 0.15) is 5.75 Å². The largest absolute Gasteiger partial charge is 0.434 e. The minimum Gasteiger partial charge on any atom is -0.434 e. The topological polar surface area (TPSA) is 9.23 Å². The summed E-state index contributed by atoms with van der Waals surface area (Å²) in [7, 11) is 0. The Labute approximate surface area is 91.3 Å². The van der Waals surface area contributed by atoms with Gasteiger partial charge in [0, 0.05) is 14.5 Å². The Hall–Kier alpha value is -0.160. The smallest absolute Gasteiger partial charge is 0.387 e. The molecule has 0 saturated carbocycles. The van der Waals surface area contributed by atoms with Crippen LogP contribution in [0.15, 0.2) is 21.1 Å². The van der Waals surface area contributed by atoms with Crippen LogP contribution in [-0.2, 0) is 0 Å². The van der Waals surface area contributed by atoms with Crippen molar-refractivity contribution in [3.8, 4) is 5.75 Å². The van der Waals surface area contributed by atoms with E-state index in [4.69, 9.17) is 0 Å². The SMILES string of the molecule is Cc1c(Br)cc(Br)cc1OC(F)F. The van der Waals surface area contributed by atoms with Crippen LogP contribution in [0.1, 0.15) is 5.56 Å². The van der Waals surface area contributed by atoms with Gasteiger partial charge in [-0.15, -0.1) is 0 Å². The highest BCUT2D eigenvalue weighted by atomic mass is 79.9. The molecule has 72 valence electrons. The summed E-state index contributed by atoms with van der Waals surface area (Å²) in [6.07, 6.45) is 0. The Morgan fingerprint density at radius 1 is 1.31 bits per heavy atom. The summed E-state index contributed by atoms with van der Waals surface area (Å²) in [6.45, 7) is -1.09. The molecule has 0 bridgehead atoms. The summed E-state index contributed by atoms with van der Waals surface area (Å²) >= 11 is 6.41. The van der Waals surface area contributed by atoms with E-state index in [0.29, 0.717) is 10.0 Å². The molecule has 0 aliphatic rings. The Kier molecular flexibility index (Phi) is 3.67. The first-order valence-electron chi connectivity index (χ1n) is 3.41. The third kappa shape index (κ3) is 2.91. The first kappa shape index (κ1) is 10.9. The van der Waals surface area contributed by atoms with Crippen molar-refractivity contribution in [1.29, 1.82) is 0 Å². The third-order valence-electron chi connectivity index (χ3n) is 1.48. The average molecular weight is 316 g/mol. The van der Waals surface area contributed by atoms with E-state index in [-0.39, 0.29) is 5.75 Å². The lowest BCUT2D eigenvalue weighted by molar-refractivity contribution is -0.0503. The first-order chi connectivity index (χ1) is 6.00. The van der Waals surface area contributed by atoms with Crippen molar-refractivity contribution < 1.29 is 13.5 Å². The molecule has 0 fully saturated rings. The molecule has 0 spiro atoms.